The van der Waals surface area contributed by atoms with E-state index in [4.69, 9.17) is 43.5 Å². The summed E-state index contributed by atoms with van der Waals surface area (Å²) in [6, 6.07) is 12.3. The predicted molar refractivity (Wildman–Crippen MR) is 166 cm³/mol. The summed E-state index contributed by atoms with van der Waals surface area (Å²) in [6.07, 6.45) is 4.64. The molecule has 0 unspecified atom stereocenters. The maximum atomic E-state index is 13.3. The molecule has 2 N–H and O–H groups in total. The van der Waals surface area contributed by atoms with E-state index in [1.54, 1.807) is 48.4 Å². The quantitative estimate of drug-likeness (QED) is 0.183. The summed E-state index contributed by atoms with van der Waals surface area (Å²) in [5.74, 6) is 1.43. The number of aromatic nitrogens is 4. The number of ether oxygens (including phenoxy) is 2. The molecule has 43 heavy (non-hydrogen) atoms. The number of nitriles is 1. The Hall–Kier alpha value is -4.33. The van der Waals surface area contributed by atoms with Crippen LogP contribution in [0.3, 0.4) is 0 Å². The molecule has 2 aromatic heterocycles. The number of halogens is 2. The first-order valence-corrected chi connectivity index (χ1v) is 14.5. The van der Waals surface area contributed by atoms with E-state index in [0.717, 1.165) is 12.8 Å². The number of hydrogen-bond acceptors (Lipinski definition) is 8. The zero-order valence-electron chi connectivity index (χ0n) is 24.3. The van der Waals surface area contributed by atoms with Crippen LogP contribution in [0, 0.1) is 16.7 Å². The molecule has 1 aliphatic heterocycles. The summed E-state index contributed by atoms with van der Waals surface area (Å²) in [5, 5.41) is 16.1. The van der Waals surface area contributed by atoms with E-state index in [2.05, 4.69) is 16.0 Å². The third-order valence-electron chi connectivity index (χ3n) is 7.03. The Kier molecular flexibility index (Phi) is 8.49. The summed E-state index contributed by atoms with van der Waals surface area (Å²) in [7, 11) is 1.55. The average Bonchev–Trinajstić information content (AvgIpc) is 3.38. The Morgan fingerprint density at radius 3 is 2.63 bits per heavy atom. The van der Waals surface area contributed by atoms with Gasteiger partial charge in [0, 0.05) is 24.7 Å². The largest absolute Gasteiger partial charge is 0.493 e. The number of benzene rings is 2. The number of hydrogen-bond donors (Lipinski definition) is 1. The van der Waals surface area contributed by atoms with Crippen LogP contribution in [0.1, 0.15) is 39.7 Å². The molecule has 222 valence electrons. The summed E-state index contributed by atoms with van der Waals surface area (Å²) in [6.45, 7) is 6.80. The number of methoxy groups -OCH3 is 1. The fourth-order valence-electron chi connectivity index (χ4n) is 5.10. The van der Waals surface area contributed by atoms with Crippen LogP contribution < -0.4 is 15.2 Å². The zero-order chi connectivity index (χ0) is 30.9. The van der Waals surface area contributed by atoms with Gasteiger partial charge >= 0.3 is 0 Å². The second kappa shape index (κ2) is 12.1. The molecule has 1 atom stereocenters. The molecule has 1 amide bonds. The topological polar surface area (TPSA) is 132 Å². The third-order valence-corrected chi connectivity index (χ3v) is 7.77. The maximum absolute atomic E-state index is 13.3. The fourth-order valence-corrected chi connectivity index (χ4v) is 5.39. The second-order valence-corrected chi connectivity index (χ2v) is 12.2. The Bertz CT molecular complexity index is 1770. The van der Waals surface area contributed by atoms with Gasteiger partial charge in [0.25, 0.3) is 5.91 Å². The molecular formula is C31H31Cl2N7O3. The van der Waals surface area contributed by atoms with E-state index in [-0.39, 0.29) is 28.8 Å². The van der Waals surface area contributed by atoms with Crippen LogP contribution in [0.2, 0.25) is 10.0 Å². The zero-order valence-corrected chi connectivity index (χ0v) is 25.8. The van der Waals surface area contributed by atoms with Gasteiger partial charge in [0.2, 0.25) is 0 Å². The number of amides is 1. The highest BCUT2D eigenvalue weighted by molar-refractivity contribution is 6.42. The Balaban J connectivity index is 1.50. The minimum atomic E-state index is -0.305. The normalized spacial score (nSPS) is 15.8. The lowest BCUT2D eigenvalue weighted by molar-refractivity contribution is -0.128. The lowest BCUT2D eigenvalue weighted by atomic mass is 9.93. The van der Waals surface area contributed by atoms with Crippen LogP contribution in [0.5, 0.6) is 17.2 Å². The average molecular weight is 621 g/mol. The number of likely N-dealkylation sites (tertiary alicyclic amines) is 1. The number of nitrogen functional groups attached to an aromatic ring is 1. The number of rotatable bonds is 6. The molecule has 12 heteroatoms. The molecule has 2 aromatic carbocycles. The van der Waals surface area contributed by atoms with Crippen molar-refractivity contribution in [2.75, 3.05) is 25.9 Å². The molecular weight excluding hydrogens is 589 g/mol. The van der Waals surface area contributed by atoms with Crippen molar-refractivity contribution in [2.24, 2.45) is 5.41 Å². The lowest BCUT2D eigenvalue weighted by Gasteiger charge is -2.33. The van der Waals surface area contributed by atoms with E-state index in [9.17, 15) is 10.1 Å². The molecule has 0 spiro atoms. The molecule has 1 saturated heterocycles. The number of fused-ring (bicyclic) bond motifs is 1. The monoisotopic (exact) mass is 619 g/mol. The van der Waals surface area contributed by atoms with Crippen molar-refractivity contribution in [3.8, 4) is 34.6 Å². The van der Waals surface area contributed by atoms with E-state index >= 15 is 0 Å². The minimum absolute atomic E-state index is 0.140. The van der Waals surface area contributed by atoms with Gasteiger partial charge < -0.3 is 20.1 Å². The Morgan fingerprint density at radius 1 is 1.14 bits per heavy atom. The van der Waals surface area contributed by atoms with E-state index < -0.39 is 0 Å². The summed E-state index contributed by atoms with van der Waals surface area (Å²) in [4.78, 5) is 23.8. The van der Waals surface area contributed by atoms with Crippen molar-refractivity contribution in [1.29, 1.82) is 5.26 Å². The van der Waals surface area contributed by atoms with Crippen LogP contribution in [0.4, 0.5) is 5.82 Å². The van der Waals surface area contributed by atoms with E-state index in [0.29, 0.717) is 62.7 Å². The number of carbonyl (C=O) groups is 1. The van der Waals surface area contributed by atoms with Crippen molar-refractivity contribution in [3.63, 3.8) is 0 Å². The van der Waals surface area contributed by atoms with Crippen LogP contribution in [-0.4, -0.2) is 50.8 Å². The van der Waals surface area contributed by atoms with Gasteiger partial charge in [0.15, 0.2) is 17.1 Å². The van der Waals surface area contributed by atoms with Crippen LogP contribution >= 0.6 is 23.2 Å². The lowest BCUT2D eigenvalue weighted by Crippen LogP contribution is -2.41. The second-order valence-electron chi connectivity index (χ2n) is 11.4. The molecule has 1 aliphatic rings. The van der Waals surface area contributed by atoms with E-state index in [1.165, 1.54) is 6.33 Å². The summed E-state index contributed by atoms with van der Waals surface area (Å²) in [5.41, 5.74) is 8.05. The number of carbonyl (C=O) groups excluding carboxylic acids is 1. The minimum Gasteiger partial charge on any atom is -0.493 e. The number of nitrogens with zero attached hydrogens (tertiary/aromatic N) is 6. The molecule has 1 fully saturated rings. The Labute approximate surface area is 259 Å². The highest BCUT2D eigenvalue weighted by atomic mass is 35.5. The first kappa shape index (κ1) is 30.1. The highest BCUT2D eigenvalue weighted by Crippen LogP contribution is 2.40. The number of allylic oxidation sites excluding steroid dienone is 1. The van der Waals surface area contributed by atoms with Gasteiger partial charge in [-0.2, -0.15) is 10.4 Å². The van der Waals surface area contributed by atoms with Crippen LogP contribution in [0.15, 0.2) is 54.4 Å². The first-order chi connectivity index (χ1) is 20.5. The summed E-state index contributed by atoms with van der Waals surface area (Å²) < 4.78 is 13.5. The number of nitrogens with two attached hydrogens (primary N) is 1. The Morgan fingerprint density at radius 2 is 1.93 bits per heavy atom. The van der Waals surface area contributed by atoms with Crippen molar-refractivity contribution < 1.29 is 14.3 Å². The van der Waals surface area contributed by atoms with Gasteiger partial charge in [-0.25, -0.2) is 14.6 Å². The highest BCUT2D eigenvalue weighted by Gasteiger charge is 2.30. The van der Waals surface area contributed by atoms with Crippen LogP contribution in [-0.2, 0) is 4.79 Å². The molecule has 0 radical (unpaired) electrons. The van der Waals surface area contributed by atoms with Crippen LogP contribution in [0.25, 0.3) is 22.3 Å². The van der Waals surface area contributed by atoms with Gasteiger partial charge in [-0.15, -0.1) is 0 Å². The molecule has 10 nitrogen and oxygen atoms in total. The van der Waals surface area contributed by atoms with Gasteiger partial charge in [0.05, 0.1) is 28.6 Å². The smallest absolute Gasteiger partial charge is 0.264 e. The number of piperidine rings is 1. The predicted octanol–water partition coefficient (Wildman–Crippen LogP) is 6.84. The van der Waals surface area contributed by atoms with Gasteiger partial charge in [-0.3, -0.25) is 4.79 Å². The fraction of sp³-hybridized carbons (Fsp3) is 0.323. The van der Waals surface area contributed by atoms with Crippen molar-refractivity contribution in [1.82, 2.24) is 24.6 Å². The molecule has 0 bridgehead atoms. The molecule has 4 aromatic rings. The molecule has 3 heterocycles. The maximum Gasteiger partial charge on any atom is 0.264 e. The number of anilines is 1. The van der Waals surface area contributed by atoms with Crippen molar-refractivity contribution >= 4 is 46.0 Å². The van der Waals surface area contributed by atoms with Gasteiger partial charge in [-0.05, 0) is 48.6 Å². The standard InChI is InChI=1S/C31H31Cl2N7O3/c1-31(2,3)14-19(15-34)30(41)39-11-5-6-20(16-39)40-29-26(28(35)36-17-37-29)27(38-40)18-7-10-24(25(12-18)42-4)43-21-8-9-22(32)23(33)13-21/h7-10,12-14,17,20H,5-6,11,16H2,1-4H3,(H2,35,36,37)/b19-14+/t20-/m1/s1. The van der Waals surface area contributed by atoms with Crippen molar-refractivity contribution in [3.05, 3.63) is 64.4 Å². The molecule has 5 rings (SSSR count). The molecule has 0 saturated carbocycles. The summed E-state index contributed by atoms with van der Waals surface area (Å²) >= 11 is 12.2. The first-order valence-electron chi connectivity index (χ1n) is 13.7. The third kappa shape index (κ3) is 6.38. The van der Waals surface area contributed by atoms with Gasteiger partial charge in [-0.1, -0.05) is 50.0 Å². The van der Waals surface area contributed by atoms with Crippen molar-refractivity contribution in [2.45, 2.75) is 39.7 Å². The van der Waals surface area contributed by atoms with E-state index in [1.807, 2.05) is 31.5 Å². The SMILES string of the molecule is COc1cc(-c2nn([C@@H]3CCCN(C(=O)/C(C#N)=C/C(C)(C)C)C3)c3ncnc(N)c23)ccc1Oc1ccc(Cl)c(Cl)c1. The molecule has 0 aliphatic carbocycles. The van der Waals surface area contributed by atoms with Gasteiger partial charge in [0.1, 0.15) is 35.2 Å².